The van der Waals surface area contributed by atoms with Crippen LogP contribution in [0.15, 0.2) is 18.2 Å². The second-order valence-electron chi connectivity index (χ2n) is 5.50. The maximum absolute atomic E-state index is 11.8. The lowest BCUT2D eigenvalue weighted by atomic mass is 10.1. The van der Waals surface area contributed by atoms with Crippen molar-refractivity contribution in [3.05, 3.63) is 23.8 Å². The molecular weight excluding hydrogens is 268 g/mol. The fraction of sp³-hybridized carbons (Fsp3) is 0.562. The van der Waals surface area contributed by atoms with E-state index in [4.69, 9.17) is 9.47 Å². The number of fused-ring (bicyclic) bond motifs is 1. The number of likely N-dealkylation sites (N-methyl/N-ethyl adjacent to an activating group) is 1. The molecular formula is C16H24N2O3. The van der Waals surface area contributed by atoms with Gasteiger partial charge in [-0.1, -0.05) is 6.07 Å². The Bertz CT molecular complexity index is 488. The molecule has 1 amide bonds. The minimum Gasteiger partial charge on any atom is -0.486 e. The third-order valence-electron chi connectivity index (χ3n) is 3.64. The van der Waals surface area contributed by atoms with Crippen molar-refractivity contribution in [1.82, 2.24) is 10.2 Å². The molecule has 0 atom stereocenters. The molecule has 0 spiro atoms. The number of hydrogen-bond acceptors (Lipinski definition) is 4. The quantitative estimate of drug-likeness (QED) is 0.807. The molecule has 0 fully saturated rings. The van der Waals surface area contributed by atoms with E-state index in [0.717, 1.165) is 24.5 Å². The van der Waals surface area contributed by atoms with E-state index in [1.807, 2.05) is 39.1 Å². The van der Waals surface area contributed by atoms with E-state index in [1.54, 1.807) is 4.90 Å². The largest absolute Gasteiger partial charge is 0.486 e. The Balaban J connectivity index is 1.75. The van der Waals surface area contributed by atoms with Crippen molar-refractivity contribution in [2.75, 3.05) is 33.4 Å². The van der Waals surface area contributed by atoms with Crippen LogP contribution in [0.4, 0.5) is 0 Å². The number of ether oxygens (including phenoxy) is 2. The zero-order chi connectivity index (χ0) is 15.2. The smallest absolute Gasteiger partial charge is 0.236 e. The summed E-state index contributed by atoms with van der Waals surface area (Å²) in [6, 6.07) is 6.23. The second kappa shape index (κ2) is 7.31. The maximum atomic E-state index is 11.8. The van der Waals surface area contributed by atoms with Gasteiger partial charge in [0, 0.05) is 13.1 Å². The van der Waals surface area contributed by atoms with Crippen LogP contribution in [-0.2, 0) is 11.2 Å². The van der Waals surface area contributed by atoms with Crippen molar-refractivity contribution >= 4 is 5.91 Å². The average molecular weight is 292 g/mol. The molecule has 21 heavy (non-hydrogen) atoms. The zero-order valence-electron chi connectivity index (χ0n) is 13.0. The Labute approximate surface area is 126 Å². The van der Waals surface area contributed by atoms with Crippen LogP contribution in [0.25, 0.3) is 0 Å². The predicted octanol–water partition coefficient (Wildman–Crippen LogP) is 1.46. The zero-order valence-corrected chi connectivity index (χ0v) is 13.0. The lowest BCUT2D eigenvalue weighted by Gasteiger charge is -2.21. The Morgan fingerprint density at radius 3 is 2.71 bits per heavy atom. The molecule has 1 N–H and O–H groups in total. The van der Waals surface area contributed by atoms with Gasteiger partial charge in [0.25, 0.3) is 0 Å². The third kappa shape index (κ3) is 4.36. The van der Waals surface area contributed by atoms with Gasteiger partial charge in [0.05, 0.1) is 6.54 Å². The molecule has 0 aliphatic carbocycles. The fourth-order valence-electron chi connectivity index (χ4n) is 2.08. The molecule has 1 aromatic rings. The lowest BCUT2D eigenvalue weighted by Crippen LogP contribution is -2.39. The van der Waals surface area contributed by atoms with Crippen LogP contribution in [0, 0.1) is 0 Å². The standard InChI is InChI=1S/C16H24N2O3/c1-12(2)18(3)16(19)11-17-7-6-13-4-5-14-15(10-13)21-9-8-20-14/h4-5,10,12,17H,6-9,11H2,1-3H3. The summed E-state index contributed by atoms with van der Waals surface area (Å²) < 4.78 is 11.1. The van der Waals surface area contributed by atoms with E-state index in [9.17, 15) is 4.79 Å². The Kier molecular flexibility index (Phi) is 5.44. The van der Waals surface area contributed by atoms with Crippen molar-refractivity contribution in [2.24, 2.45) is 0 Å². The minimum atomic E-state index is 0.118. The van der Waals surface area contributed by atoms with E-state index in [0.29, 0.717) is 19.8 Å². The molecule has 0 saturated carbocycles. The van der Waals surface area contributed by atoms with Crippen molar-refractivity contribution in [1.29, 1.82) is 0 Å². The predicted molar refractivity (Wildman–Crippen MR) is 81.9 cm³/mol. The van der Waals surface area contributed by atoms with E-state index < -0.39 is 0 Å². The van der Waals surface area contributed by atoms with Crippen LogP contribution >= 0.6 is 0 Å². The number of rotatable bonds is 6. The number of carbonyl (C=O) groups excluding carboxylic acids is 1. The first-order chi connectivity index (χ1) is 10.1. The highest BCUT2D eigenvalue weighted by molar-refractivity contribution is 5.78. The van der Waals surface area contributed by atoms with Crippen molar-refractivity contribution in [2.45, 2.75) is 26.3 Å². The number of carbonyl (C=O) groups is 1. The van der Waals surface area contributed by atoms with E-state index in [2.05, 4.69) is 5.32 Å². The molecule has 0 aromatic heterocycles. The molecule has 2 rings (SSSR count). The summed E-state index contributed by atoms with van der Waals surface area (Å²) in [4.78, 5) is 13.6. The van der Waals surface area contributed by atoms with Crippen LogP contribution in [0.3, 0.4) is 0 Å². The molecule has 1 heterocycles. The lowest BCUT2D eigenvalue weighted by molar-refractivity contribution is -0.130. The van der Waals surface area contributed by atoms with Gasteiger partial charge in [-0.05, 0) is 44.5 Å². The normalized spacial score (nSPS) is 13.3. The van der Waals surface area contributed by atoms with Crippen LogP contribution in [0.1, 0.15) is 19.4 Å². The molecule has 5 heteroatoms. The molecule has 0 bridgehead atoms. The van der Waals surface area contributed by atoms with Gasteiger partial charge in [-0.15, -0.1) is 0 Å². The van der Waals surface area contributed by atoms with E-state index in [1.165, 1.54) is 5.56 Å². The van der Waals surface area contributed by atoms with E-state index >= 15 is 0 Å². The molecule has 116 valence electrons. The van der Waals surface area contributed by atoms with Crippen LogP contribution in [0.5, 0.6) is 11.5 Å². The molecule has 0 saturated heterocycles. The molecule has 0 radical (unpaired) electrons. The number of amides is 1. The second-order valence-corrected chi connectivity index (χ2v) is 5.50. The minimum absolute atomic E-state index is 0.118. The Hall–Kier alpha value is -1.75. The van der Waals surface area contributed by atoms with Gasteiger partial charge >= 0.3 is 0 Å². The Morgan fingerprint density at radius 2 is 2.00 bits per heavy atom. The van der Waals surface area contributed by atoms with Crippen molar-refractivity contribution in [3.8, 4) is 11.5 Å². The third-order valence-corrected chi connectivity index (χ3v) is 3.64. The van der Waals surface area contributed by atoms with Gasteiger partial charge in [-0.3, -0.25) is 4.79 Å². The maximum Gasteiger partial charge on any atom is 0.236 e. The van der Waals surface area contributed by atoms with Crippen molar-refractivity contribution < 1.29 is 14.3 Å². The van der Waals surface area contributed by atoms with Gasteiger partial charge in [-0.25, -0.2) is 0 Å². The topological polar surface area (TPSA) is 50.8 Å². The number of benzene rings is 1. The highest BCUT2D eigenvalue weighted by Gasteiger charge is 2.12. The molecule has 1 aliphatic rings. The first-order valence-electron chi connectivity index (χ1n) is 7.43. The van der Waals surface area contributed by atoms with Crippen LogP contribution in [0.2, 0.25) is 0 Å². The van der Waals surface area contributed by atoms with Gasteiger partial charge < -0.3 is 19.7 Å². The number of nitrogens with zero attached hydrogens (tertiary/aromatic N) is 1. The SMILES string of the molecule is CC(C)N(C)C(=O)CNCCc1ccc2c(c1)OCCO2. The molecule has 5 nitrogen and oxygen atoms in total. The summed E-state index contributed by atoms with van der Waals surface area (Å²) in [5.41, 5.74) is 1.18. The van der Waals surface area contributed by atoms with Crippen LogP contribution < -0.4 is 14.8 Å². The van der Waals surface area contributed by atoms with Gasteiger partial charge in [0.2, 0.25) is 5.91 Å². The molecule has 1 aliphatic heterocycles. The molecule has 1 aromatic carbocycles. The summed E-state index contributed by atoms with van der Waals surface area (Å²) in [7, 11) is 1.83. The van der Waals surface area contributed by atoms with E-state index in [-0.39, 0.29) is 11.9 Å². The monoisotopic (exact) mass is 292 g/mol. The highest BCUT2D eigenvalue weighted by Crippen LogP contribution is 2.30. The summed E-state index contributed by atoms with van der Waals surface area (Å²) in [6.07, 6.45) is 0.856. The number of hydrogen-bond donors (Lipinski definition) is 1. The summed E-state index contributed by atoms with van der Waals surface area (Å²) in [6.45, 7) is 6.36. The molecule has 0 unspecified atom stereocenters. The number of nitrogens with one attached hydrogen (secondary N) is 1. The summed E-state index contributed by atoms with van der Waals surface area (Å²) in [5, 5.41) is 3.19. The van der Waals surface area contributed by atoms with Crippen molar-refractivity contribution in [3.63, 3.8) is 0 Å². The highest BCUT2D eigenvalue weighted by atomic mass is 16.6. The van der Waals surface area contributed by atoms with Gasteiger partial charge in [0.1, 0.15) is 13.2 Å². The van der Waals surface area contributed by atoms with Gasteiger partial charge in [-0.2, -0.15) is 0 Å². The Morgan fingerprint density at radius 1 is 1.29 bits per heavy atom. The van der Waals surface area contributed by atoms with Gasteiger partial charge in [0.15, 0.2) is 11.5 Å². The fourth-order valence-corrected chi connectivity index (χ4v) is 2.08. The average Bonchev–Trinajstić information content (AvgIpc) is 2.50. The van der Waals surface area contributed by atoms with Crippen LogP contribution in [-0.4, -0.2) is 50.2 Å². The first kappa shape index (κ1) is 15.6. The first-order valence-corrected chi connectivity index (χ1v) is 7.43. The summed E-state index contributed by atoms with van der Waals surface area (Å²) in [5.74, 6) is 1.74. The summed E-state index contributed by atoms with van der Waals surface area (Å²) >= 11 is 0.